The molecule has 0 aliphatic heterocycles. The maximum atomic E-state index is 11.2. The van der Waals surface area contributed by atoms with Crippen LogP contribution in [0.25, 0.3) is 0 Å². The summed E-state index contributed by atoms with van der Waals surface area (Å²) in [6.45, 7) is 0. The van der Waals surface area contributed by atoms with Crippen LogP contribution in [0.5, 0.6) is 5.75 Å². The van der Waals surface area contributed by atoms with Gasteiger partial charge in [0.25, 0.3) is 0 Å². The second-order valence-corrected chi connectivity index (χ2v) is 4.37. The van der Waals surface area contributed by atoms with Crippen LogP contribution in [0.3, 0.4) is 0 Å². The van der Waals surface area contributed by atoms with Gasteiger partial charge < -0.3 is 9.47 Å². The van der Waals surface area contributed by atoms with Crippen molar-refractivity contribution in [1.29, 1.82) is 0 Å². The fourth-order valence-corrected chi connectivity index (χ4v) is 1.93. The van der Waals surface area contributed by atoms with Crippen molar-refractivity contribution < 1.29 is 14.3 Å². The Morgan fingerprint density at radius 3 is 2.53 bits per heavy atom. The molecule has 0 saturated heterocycles. The summed E-state index contributed by atoms with van der Waals surface area (Å²) in [4.78, 5) is 11.2. The fraction of sp³-hybridized carbons (Fsp3) is 0.308. The van der Waals surface area contributed by atoms with E-state index in [9.17, 15) is 4.79 Å². The Morgan fingerprint density at radius 1 is 1.29 bits per heavy atom. The molecule has 2 atom stereocenters. The van der Waals surface area contributed by atoms with Gasteiger partial charge in [0.1, 0.15) is 11.9 Å². The summed E-state index contributed by atoms with van der Waals surface area (Å²) in [5, 5.41) is 0.0503. The van der Waals surface area contributed by atoms with Crippen molar-refractivity contribution in [1.82, 2.24) is 0 Å². The van der Waals surface area contributed by atoms with Crippen LogP contribution in [0.1, 0.15) is 16.8 Å². The van der Waals surface area contributed by atoms with Gasteiger partial charge >= 0.3 is 5.97 Å². The molecule has 17 heavy (non-hydrogen) atoms. The molecule has 3 nitrogen and oxygen atoms in total. The van der Waals surface area contributed by atoms with Crippen LogP contribution < -0.4 is 4.74 Å². The van der Waals surface area contributed by atoms with Crippen molar-refractivity contribution in [2.75, 3.05) is 7.11 Å². The number of rotatable bonds is 3. The third-order valence-electron chi connectivity index (χ3n) is 2.55. The summed E-state index contributed by atoms with van der Waals surface area (Å²) in [5.41, 5.74) is 0.511. The third kappa shape index (κ3) is 3.01. The van der Waals surface area contributed by atoms with Crippen LogP contribution in [0.2, 0.25) is 0 Å². The summed E-state index contributed by atoms with van der Waals surface area (Å²) in [5.74, 6) is 0.371. The zero-order chi connectivity index (χ0) is 12.3. The van der Waals surface area contributed by atoms with E-state index in [4.69, 9.17) is 16.3 Å². The summed E-state index contributed by atoms with van der Waals surface area (Å²) in [6, 6.07) is 6.86. The number of esters is 1. The largest absolute Gasteiger partial charge is 0.486 e. The highest BCUT2D eigenvalue weighted by Crippen LogP contribution is 2.22. The van der Waals surface area contributed by atoms with Crippen molar-refractivity contribution in [2.45, 2.75) is 17.9 Å². The number of halogens is 1. The Morgan fingerprint density at radius 2 is 2.00 bits per heavy atom. The predicted octanol–water partition coefficient (Wildman–Crippen LogP) is 2.79. The van der Waals surface area contributed by atoms with E-state index >= 15 is 0 Å². The van der Waals surface area contributed by atoms with Crippen molar-refractivity contribution >= 4 is 17.6 Å². The average molecular weight is 253 g/mol. The quantitative estimate of drug-likeness (QED) is 0.471. The number of carbonyl (C=O) groups is 1. The number of alkyl halides is 1. The van der Waals surface area contributed by atoms with Crippen molar-refractivity contribution in [3.63, 3.8) is 0 Å². The molecular formula is C13H13ClO3. The van der Waals surface area contributed by atoms with Crippen LogP contribution in [0.15, 0.2) is 36.4 Å². The lowest BCUT2D eigenvalue weighted by Crippen LogP contribution is -2.12. The summed E-state index contributed by atoms with van der Waals surface area (Å²) in [6.07, 6.45) is 4.67. The lowest BCUT2D eigenvalue weighted by Gasteiger charge is -2.12. The van der Waals surface area contributed by atoms with Crippen LogP contribution in [0, 0.1) is 0 Å². The first-order valence-corrected chi connectivity index (χ1v) is 5.80. The smallest absolute Gasteiger partial charge is 0.337 e. The van der Waals surface area contributed by atoms with E-state index in [2.05, 4.69) is 4.74 Å². The summed E-state index contributed by atoms with van der Waals surface area (Å²) < 4.78 is 10.3. The molecule has 0 amide bonds. The Kier molecular flexibility index (Phi) is 3.69. The average Bonchev–Trinajstić information content (AvgIpc) is 2.75. The van der Waals surface area contributed by atoms with Crippen molar-refractivity contribution in [3.8, 4) is 5.75 Å². The highest BCUT2D eigenvalue weighted by Gasteiger charge is 2.18. The molecule has 0 spiro atoms. The highest BCUT2D eigenvalue weighted by atomic mass is 35.5. The van der Waals surface area contributed by atoms with Crippen LogP contribution in [-0.2, 0) is 4.74 Å². The van der Waals surface area contributed by atoms with Gasteiger partial charge in [-0.25, -0.2) is 4.79 Å². The number of hydrogen-bond acceptors (Lipinski definition) is 3. The van der Waals surface area contributed by atoms with Gasteiger partial charge in [0.15, 0.2) is 0 Å². The van der Waals surface area contributed by atoms with Gasteiger partial charge in [-0.1, -0.05) is 6.08 Å². The zero-order valence-corrected chi connectivity index (χ0v) is 10.2. The van der Waals surface area contributed by atoms with Gasteiger partial charge in [0.2, 0.25) is 0 Å². The second-order valence-electron chi connectivity index (χ2n) is 3.81. The maximum Gasteiger partial charge on any atom is 0.337 e. The monoisotopic (exact) mass is 252 g/mol. The molecule has 2 rings (SSSR count). The van der Waals surface area contributed by atoms with Gasteiger partial charge in [0.05, 0.1) is 18.1 Å². The van der Waals surface area contributed by atoms with E-state index in [0.29, 0.717) is 5.56 Å². The first-order valence-electron chi connectivity index (χ1n) is 5.36. The number of ether oxygens (including phenoxy) is 2. The maximum absolute atomic E-state index is 11.2. The molecule has 0 aromatic heterocycles. The highest BCUT2D eigenvalue weighted by molar-refractivity contribution is 6.22. The molecule has 1 aliphatic rings. The Labute approximate surface area is 105 Å². The number of allylic oxidation sites excluding steroid dienone is 1. The van der Waals surface area contributed by atoms with Gasteiger partial charge in [-0.2, -0.15) is 0 Å². The minimum Gasteiger partial charge on any atom is -0.486 e. The van der Waals surface area contributed by atoms with E-state index in [-0.39, 0.29) is 17.5 Å². The second kappa shape index (κ2) is 5.23. The predicted molar refractivity (Wildman–Crippen MR) is 65.6 cm³/mol. The molecule has 0 N–H and O–H groups in total. The standard InChI is InChI=1S/C13H13ClO3/c1-16-13(15)9-2-5-11(6-3-9)17-12-7-4-10(14)8-12/h2-7,10,12H,8H2,1H3/t10-,12?/m0/s1. The van der Waals surface area contributed by atoms with E-state index in [0.717, 1.165) is 12.2 Å². The van der Waals surface area contributed by atoms with E-state index in [1.54, 1.807) is 24.3 Å². The van der Waals surface area contributed by atoms with Crippen molar-refractivity contribution in [3.05, 3.63) is 42.0 Å². The molecule has 1 aromatic rings. The number of methoxy groups -OCH3 is 1. The van der Waals surface area contributed by atoms with Gasteiger partial charge in [-0.05, 0) is 30.3 Å². The van der Waals surface area contributed by atoms with E-state index in [1.165, 1.54) is 7.11 Å². The SMILES string of the molecule is COC(=O)c1ccc(OC2C=C[C@H](Cl)C2)cc1. The molecule has 0 bridgehead atoms. The van der Waals surface area contributed by atoms with Gasteiger partial charge in [-0.15, -0.1) is 11.6 Å². The summed E-state index contributed by atoms with van der Waals surface area (Å²) in [7, 11) is 1.36. The molecular weight excluding hydrogens is 240 g/mol. The molecule has 4 heteroatoms. The third-order valence-corrected chi connectivity index (χ3v) is 2.88. The Hall–Kier alpha value is -1.48. The molecule has 0 saturated carbocycles. The fourth-order valence-electron chi connectivity index (χ4n) is 1.67. The Balaban J connectivity index is 1.99. The minimum atomic E-state index is -0.349. The molecule has 1 unspecified atom stereocenters. The first kappa shape index (κ1) is 12.0. The topological polar surface area (TPSA) is 35.5 Å². The Bertz CT molecular complexity index is 425. The first-order chi connectivity index (χ1) is 8.19. The number of carbonyl (C=O) groups excluding carboxylic acids is 1. The van der Waals surface area contributed by atoms with Crippen LogP contribution >= 0.6 is 11.6 Å². The molecule has 90 valence electrons. The van der Waals surface area contributed by atoms with E-state index < -0.39 is 0 Å². The van der Waals surface area contributed by atoms with Crippen LogP contribution in [0.4, 0.5) is 0 Å². The molecule has 0 fully saturated rings. The number of benzene rings is 1. The molecule has 0 heterocycles. The number of hydrogen-bond donors (Lipinski definition) is 0. The van der Waals surface area contributed by atoms with Crippen molar-refractivity contribution in [2.24, 2.45) is 0 Å². The van der Waals surface area contributed by atoms with Gasteiger partial charge in [0, 0.05) is 6.42 Å². The zero-order valence-electron chi connectivity index (χ0n) is 9.43. The lowest BCUT2D eigenvalue weighted by atomic mass is 10.2. The normalized spacial score (nSPS) is 22.5. The minimum absolute atomic E-state index is 0.0153. The summed E-state index contributed by atoms with van der Waals surface area (Å²) >= 11 is 5.93. The molecule has 1 aliphatic carbocycles. The van der Waals surface area contributed by atoms with Crippen LogP contribution in [-0.4, -0.2) is 24.6 Å². The van der Waals surface area contributed by atoms with E-state index in [1.807, 2.05) is 12.2 Å². The lowest BCUT2D eigenvalue weighted by molar-refractivity contribution is 0.0600. The molecule has 1 aromatic carbocycles. The molecule has 0 radical (unpaired) electrons. The van der Waals surface area contributed by atoms with Gasteiger partial charge in [-0.3, -0.25) is 0 Å².